The lowest BCUT2D eigenvalue weighted by atomic mass is 10.1. The number of rotatable bonds is 5. The molecule has 0 aromatic heterocycles. The fourth-order valence-corrected chi connectivity index (χ4v) is 1.24. The lowest BCUT2D eigenvalue weighted by molar-refractivity contribution is 0.282. The summed E-state index contributed by atoms with van der Waals surface area (Å²) in [4.78, 5) is 6.87. The van der Waals surface area contributed by atoms with Crippen LogP contribution in [0.3, 0.4) is 0 Å². The minimum atomic E-state index is 0. The zero-order valence-electron chi connectivity index (χ0n) is 13.0. The zero-order chi connectivity index (χ0) is 13.5. The Labute approximate surface area is 130 Å². The van der Waals surface area contributed by atoms with Crippen LogP contribution in [0, 0.1) is 0 Å². The molecule has 0 saturated carbocycles. The van der Waals surface area contributed by atoms with E-state index in [0.29, 0.717) is 6.04 Å². The SMILES string of the molecule is CCNC(=NCCN(C)C(C)C)NC(C)(C)C.I. The summed E-state index contributed by atoms with van der Waals surface area (Å²) in [6, 6.07) is 0.573. The minimum absolute atomic E-state index is 0. The Hall–Kier alpha value is -0.0400. The van der Waals surface area contributed by atoms with Crippen molar-refractivity contribution in [1.82, 2.24) is 15.5 Å². The molecule has 0 aliphatic carbocycles. The van der Waals surface area contributed by atoms with Crippen LogP contribution in [0.4, 0.5) is 0 Å². The van der Waals surface area contributed by atoms with Crippen molar-refractivity contribution in [2.24, 2.45) is 4.99 Å². The van der Waals surface area contributed by atoms with Crippen LogP contribution < -0.4 is 10.6 Å². The average molecular weight is 370 g/mol. The van der Waals surface area contributed by atoms with Crippen molar-refractivity contribution in [3.8, 4) is 0 Å². The second kappa shape index (κ2) is 9.83. The lowest BCUT2D eigenvalue weighted by Gasteiger charge is -2.24. The molecule has 0 atom stereocenters. The van der Waals surface area contributed by atoms with Gasteiger partial charge in [-0.25, -0.2) is 0 Å². The number of nitrogens with one attached hydrogen (secondary N) is 2. The van der Waals surface area contributed by atoms with Gasteiger partial charge in [0.1, 0.15) is 0 Å². The van der Waals surface area contributed by atoms with Crippen LogP contribution >= 0.6 is 24.0 Å². The summed E-state index contributed by atoms with van der Waals surface area (Å²) in [5.41, 5.74) is 0.0466. The number of hydrogen-bond donors (Lipinski definition) is 2. The van der Waals surface area contributed by atoms with Crippen LogP contribution in [-0.4, -0.2) is 49.1 Å². The van der Waals surface area contributed by atoms with Crippen LogP contribution in [-0.2, 0) is 0 Å². The van der Waals surface area contributed by atoms with Gasteiger partial charge in [-0.15, -0.1) is 24.0 Å². The fourth-order valence-electron chi connectivity index (χ4n) is 1.24. The number of halogens is 1. The average Bonchev–Trinajstić information content (AvgIpc) is 2.15. The van der Waals surface area contributed by atoms with Crippen LogP contribution in [0.15, 0.2) is 4.99 Å². The predicted molar refractivity (Wildman–Crippen MR) is 92.0 cm³/mol. The molecular formula is C13H31IN4. The fraction of sp³-hybridized carbons (Fsp3) is 0.923. The van der Waals surface area contributed by atoms with Crippen molar-refractivity contribution in [2.75, 3.05) is 26.7 Å². The normalized spacial score (nSPS) is 12.6. The Kier molecular flexibility index (Phi) is 11.1. The van der Waals surface area contributed by atoms with Gasteiger partial charge < -0.3 is 15.5 Å². The van der Waals surface area contributed by atoms with Gasteiger partial charge in [-0.2, -0.15) is 0 Å². The van der Waals surface area contributed by atoms with E-state index in [1.165, 1.54) is 0 Å². The number of guanidine groups is 1. The van der Waals surface area contributed by atoms with Crippen LogP contribution in [0.1, 0.15) is 41.5 Å². The molecule has 0 spiro atoms. The molecule has 5 heteroatoms. The smallest absolute Gasteiger partial charge is 0.191 e. The summed E-state index contributed by atoms with van der Waals surface area (Å²) in [5, 5.41) is 6.64. The van der Waals surface area contributed by atoms with Gasteiger partial charge in [0.2, 0.25) is 0 Å². The first-order valence-corrected chi connectivity index (χ1v) is 6.53. The first-order valence-electron chi connectivity index (χ1n) is 6.53. The molecule has 0 radical (unpaired) electrons. The summed E-state index contributed by atoms with van der Waals surface area (Å²) in [5.74, 6) is 0.900. The molecule has 18 heavy (non-hydrogen) atoms. The Morgan fingerprint density at radius 3 is 2.22 bits per heavy atom. The van der Waals surface area contributed by atoms with E-state index in [-0.39, 0.29) is 29.5 Å². The second-order valence-corrected chi connectivity index (χ2v) is 5.71. The second-order valence-electron chi connectivity index (χ2n) is 5.71. The molecule has 0 aromatic carbocycles. The maximum absolute atomic E-state index is 4.57. The van der Waals surface area contributed by atoms with Crippen LogP contribution in [0.2, 0.25) is 0 Å². The lowest BCUT2D eigenvalue weighted by Crippen LogP contribution is -2.47. The first-order chi connectivity index (χ1) is 7.76. The van der Waals surface area contributed by atoms with Crippen LogP contribution in [0.25, 0.3) is 0 Å². The van der Waals surface area contributed by atoms with E-state index in [0.717, 1.165) is 25.6 Å². The first kappa shape index (κ1) is 20.3. The van der Waals surface area contributed by atoms with E-state index in [4.69, 9.17) is 0 Å². The summed E-state index contributed by atoms with van der Waals surface area (Å²) in [6.45, 7) is 15.6. The number of aliphatic imine (C=N–C) groups is 1. The third-order valence-corrected chi connectivity index (χ3v) is 2.44. The van der Waals surface area contributed by atoms with Crippen molar-refractivity contribution >= 4 is 29.9 Å². The molecule has 2 N–H and O–H groups in total. The van der Waals surface area contributed by atoms with Crippen molar-refractivity contribution in [2.45, 2.75) is 53.1 Å². The monoisotopic (exact) mass is 370 g/mol. The summed E-state index contributed by atoms with van der Waals surface area (Å²) >= 11 is 0. The Morgan fingerprint density at radius 2 is 1.83 bits per heavy atom. The Balaban J connectivity index is 0. The molecule has 0 heterocycles. The quantitative estimate of drug-likeness (QED) is 0.443. The van der Waals surface area contributed by atoms with E-state index in [1.54, 1.807) is 0 Å². The van der Waals surface area contributed by atoms with Gasteiger partial charge in [-0.05, 0) is 48.6 Å². The highest BCUT2D eigenvalue weighted by molar-refractivity contribution is 14.0. The Bertz CT molecular complexity index is 234. The molecule has 0 saturated heterocycles. The van der Waals surface area contributed by atoms with E-state index in [9.17, 15) is 0 Å². The van der Waals surface area contributed by atoms with E-state index >= 15 is 0 Å². The van der Waals surface area contributed by atoms with Gasteiger partial charge in [0.25, 0.3) is 0 Å². The summed E-state index contributed by atoms with van der Waals surface area (Å²) in [6.07, 6.45) is 0. The van der Waals surface area contributed by atoms with E-state index < -0.39 is 0 Å². The molecule has 0 aliphatic rings. The standard InChI is InChI=1S/C13H30N4.HI/c1-8-14-12(16-13(4,5)6)15-9-10-17(7)11(2)3;/h11H,8-10H2,1-7H3,(H2,14,15,16);1H. The molecular weight excluding hydrogens is 339 g/mol. The number of hydrogen-bond acceptors (Lipinski definition) is 2. The summed E-state index contributed by atoms with van der Waals surface area (Å²) in [7, 11) is 2.13. The summed E-state index contributed by atoms with van der Waals surface area (Å²) < 4.78 is 0. The van der Waals surface area contributed by atoms with E-state index in [1.807, 2.05) is 0 Å². The van der Waals surface area contributed by atoms with Gasteiger partial charge in [0.15, 0.2) is 5.96 Å². The topological polar surface area (TPSA) is 39.7 Å². The van der Waals surface area contributed by atoms with Crippen molar-refractivity contribution in [1.29, 1.82) is 0 Å². The molecule has 110 valence electrons. The highest BCUT2D eigenvalue weighted by atomic mass is 127. The third-order valence-electron chi connectivity index (χ3n) is 2.44. The van der Waals surface area contributed by atoms with Crippen molar-refractivity contribution in [3.63, 3.8) is 0 Å². The number of likely N-dealkylation sites (N-methyl/N-ethyl adjacent to an activating group) is 1. The third kappa shape index (κ3) is 11.1. The highest BCUT2D eigenvalue weighted by Gasteiger charge is 2.11. The molecule has 0 aliphatic heterocycles. The molecule has 4 nitrogen and oxygen atoms in total. The van der Waals surface area contributed by atoms with Gasteiger partial charge in [0, 0.05) is 24.7 Å². The molecule has 0 rings (SSSR count). The highest BCUT2D eigenvalue weighted by Crippen LogP contribution is 1.98. The van der Waals surface area contributed by atoms with Crippen molar-refractivity contribution < 1.29 is 0 Å². The maximum atomic E-state index is 4.57. The maximum Gasteiger partial charge on any atom is 0.191 e. The van der Waals surface area contributed by atoms with Crippen LogP contribution in [0.5, 0.6) is 0 Å². The number of nitrogens with zero attached hydrogens (tertiary/aromatic N) is 2. The van der Waals surface area contributed by atoms with Gasteiger partial charge in [-0.1, -0.05) is 0 Å². The van der Waals surface area contributed by atoms with Gasteiger partial charge in [-0.3, -0.25) is 4.99 Å². The molecule has 0 bridgehead atoms. The largest absolute Gasteiger partial charge is 0.357 e. The Morgan fingerprint density at radius 1 is 1.28 bits per heavy atom. The van der Waals surface area contributed by atoms with Gasteiger partial charge in [0.05, 0.1) is 6.54 Å². The van der Waals surface area contributed by atoms with Crippen molar-refractivity contribution in [3.05, 3.63) is 0 Å². The molecule has 0 fully saturated rings. The van der Waals surface area contributed by atoms with E-state index in [2.05, 4.69) is 69.1 Å². The van der Waals surface area contributed by atoms with Gasteiger partial charge >= 0.3 is 0 Å². The minimum Gasteiger partial charge on any atom is -0.357 e. The molecule has 0 aromatic rings. The molecule has 0 unspecified atom stereocenters. The predicted octanol–water partition coefficient (Wildman–Crippen LogP) is 2.30. The zero-order valence-corrected chi connectivity index (χ0v) is 15.3. The molecule has 0 amide bonds.